The van der Waals surface area contributed by atoms with E-state index in [9.17, 15) is 0 Å². The normalized spacial score (nSPS) is 9.92. The summed E-state index contributed by atoms with van der Waals surface area (Å²) in [5.41, 5.74) is 2.10. The van der Waals surface area contributed by atoms with Gasteiger partial charge in [0.2, 0.25) is 0 Å². The molecule has 12 heavy (non-hydrogen) atoms. The second-order valence-corrected chi connectivity index (χ2v) is 3.60. The lowest BCUT2D eigenvalue weighted by Crippen LogP contribution is -1.91. The molecule has 0 atom stereocenters. The van der Waals surface area contributed by atoms with E-state index >= 15 is 0 Å². The summed E-state index contributed by atoms with van der Waals surface area (Å²) in [6.45, 7) is 4.14. The summed E-state index contributed by atoms with van der Waals surface area (Å²) in [6, 6.07) is 5.96. The van der Waals surface area contributed by atoms with E-state index in [1.54, 1.807) is 0 Å². The van der Waals surface area contributed by atoms with Crippen LogP contribution in [-0.2, 0) is 0 Å². The summed E-state index contributed by atoms with van der Waals surface area (Å²) in [7, 11) is 0. The number of hydrogen-bond donors (Lipinski definition) is 0. The highest BCUT2D eigenvalue weighted by atomic mass is 79.9. The largest absolute Gasteiger partial charge is 0.115 e. The van der Waals surface area contributed by atoms with E-state index in [0.29, 0.717) is 0 Å². The SMILES string of the molecule is C#Cc1cccc([C](C)C)c1Br. The minimum Gasteiger partial charge on any atom is -0.115 e. The number of terminal acetylenes is 1. The van der Waals surface area contributed by atoms with Gasteiger partial charge in [0.1, 0.15) is 0 Å². The van der Waals surface area contributed by atoms with E-state index in [4.69, 9.17) is 6.42 Å². The van der Waals surface area contributed by atoms with Crippen LogP contribution in [0.5, 0.6) is 0 Å². The Morgan fingerprint density at radius 3 is 2.58 bits per heavy atom. The average Bonchev–Trinajstić information content (AvgIpc) is 2.04. The molecular formula is C11H10Br. The average molecular weight is 222 g/mol. The lowest BCUT2D eigenvalue weighted by atomic mass is 10.0. The molecule has 1 aromatic rings. The monoisotopic (exact) mass is 221 g/mol. The third-order valence-corrected chi connectivity index (χ3v) is 2.55. The van der Waals surface area contributed by atoms with Crippen LogP contribution < -0.4 is 0 Å². The van der Waals surface area contributed by atoms with Crippen LogP contribution in [0.1, 0.15) is 25.0 Å². The highest BCUT2D eigenvalue weighted by molar-refractivity contribution is 9.10. The zero-order valence-electron chi connectivity index (χ0n) is 7.19. The lowest BCUT2D eigenvalue weighted by molar-refractivity contribution is 1.14. The van der Waals surface area contributed by atoms with Gasteiger partial charge in [-0.25, -0.2) is 0 Å². The Balaban J connectivity index is 3.25. The van der Waals surface area contributed by atoms with Crippen molar-refractivity contribution < 1.29 is 0 Å². The summed E-state index contributed by atoms with van der Waals surface area (Å²) < 4.78 is 1.02. The Hall–Kier alpha value is -0.740. The Morgan fingerprint density at radius 1 is 1.42 bits per heavy atom. The summed E-state index contributed by atoms with van der Waals surface area (Å²) in [4.78, 5) is 0. The molecule has 0 heterocycles. The van der Waals surface area contributed by atoms with Crippen LogP contribution in [0.25, 0.3) is 0 Å². The maximum absolute atomic E-state index is 5.33. The highest BCUT2D eigenvalue weighted by Crippen LogP contribution is 2.26. The molecule has 0 aliphatic rings. The molecule has 0 aliphatic carbocycles. The second-order valence-electron chi connectivity index (χ2n) is 2.81. The molecule has 0 saturated carbocycles. The zero-order chi connectivity index (χ0) is 9.14. The molecule has 0 bridgehead atoms. The van der Waals surface area contributed by atoms with Gasteiger partial charge >= 0.3 is 0 Å². The number of halogens is 1. The fourth-order valence-electron chi connectivity index (χ4n) is 1.03. The first-order valence-electron chi connectivity index (χ1n) is 3.72. The smallest absolute Gasteiger partial charge is 0.0387 e. The molecule has 1 aromatic carbocycles. The van der Waals surface area contributed by atoms with Crippen molar-refractivity contribution in [2.24, 2.45) is 0 Å². The van der Waals surface area contributed by atoms with Gasteiger partial charge in [0, 0.05) is 10.0 Å². The molecule has 1 heteroatoms. The molecule has 0 nitrogen and oxygen atoms in total. The van der Waals surface area contributed by atoms with Crippen LogP contribution in [-0.4, -0.2) is 0 Å². The molecular weight excluding hydrogens is 212 g/mol. The van der Waals surface area contributed by atoms with Crippen LogP contribution in [0.15, 0.2) is 22.7 Å². The molecule has 0 amide bonds. The Morgan fingerprint density at radius 2 is 2.08 bits per heavy atom. The second kappa shape index (κ2) is 3.78. The minimum absolute atomic E-state index is 0.911. The maximum Gasteiger partial charge on any atom is 0.0387 e. The van der Waals surface area contributed by atoms with Crippen LogP contribution in [0, 0.1) is 18.3 Å². The third-order valence-electron chi connectivity index (χ3n) is 1.69. The van der Waals surface area contributed by atoms with Crippen molar-refractivity contribution in [2.75, 3.05) is 0 Å². The van der Waals surface area contributed by atoms with Gasteiger partial charge in [-0.2, -0.15) is 0 Å². The van der Waals surface area contributed by atoms with Crippen LogP contribution in [0.3, 0.4) is 0 Å². The number of hydrogen-bond acceptors (Lipinski definition) is 0. The summed E-state index contributed by atoms with van der Waals surface area (Å²) in [5, 5.41) is 0. The molecule has 0 aliphatic heterocycles. The van der Waals surface area contributed by atoms with Gasteiger partial charge in [0.25, 0.3) is 0 Å². The van der Waals surface area contributed by atoms with Crippen molar-refractivity contribution in [1.29, 1.82) is 0 Å². The molecule has 61 valence electrons. The molecule has 1 radical (unpaired) electrons. The third kappa shape index (κ3) is 1.70. The quantitative estimate of drug-likeness (QED) is 0.639. The Labute approximate surface area is 82.1 Å². The summed E-state index contributed by atoms with van der Waals surface area (Å²) in [6.07, 6.45) is 5.33. The fraction of sp³-hybridized carbons (Fsp3) is 0.182. The molecule has 0 unspecified atom stereocenters. The van der Waals surface area contributed by atoms with Crippen molar-refractivity contribution in [3.8, 4) is 12.3 Å². The van der Waals surface area contributed by atoms with Crippen molar-refractivity contribution in [2.45, 2.75) is 13.8 Å². The molecule has 0 fully saturated rings. The Kier molecular flexibility index (Phi) is 2.94. The predicted molar refractivity (Wildman–Crippen MR) is 55.8 cm³/mol. The topological polar surface area (TPSA) is 0 Å². The van der Waals surface area contributed by atoms with E-state index in [2.05, 4.69) is 41.8 Å². The van der Waals surface area contributed by atoms with Crippen LogP contribution in [0.2, 0.25) is 0 Å². The summed E-state index contributed by atoms with van der Waals surface area (Å²) in [5.74, 6) is 3.89. The first-order valence-corrected chi connectivity index (χ1v) is 4.51. The van der Waals surface area contributed by atoms with Gasteiger partial charge in [-0.1, -0.05) is 31.9 Å². The minimum atomic E-state index is 0.911. The molecule has 0 saturated heterocycles. The first kappa shape index (κ1) is 9.35. The predicted octanol–water partition coefficient (Wildman–Crippen LogP) is 3.39. The van der Waals surface area contributed by atoms with Crippen LogP contribution >= 0.6 is 15.9 Å². The van der Waals surface area contributed by atoms with E-state index in [1.165, 1.54) is 11.5 Å². The van der Waals surface area contributed by atoms with E-state index < -0.39 is 0 Å². The lowest BCUT2D eigenvalue weighted by Gasteiger charge is -2.08. The van der Waals surface area contributed by atoms with Crippen molar-refractivity contribution in [1.82, 2.24) is 0 Å². The van der Waals surface area contributed by atoms with Gasteiger partial charge in [-0.05, 0) is 33.5 Å². The number of benzene rings is 1. The Bertz CT molecular complexity index is 318. The van der Waals surface area contributed by atoms with E-state index in [0.717, 1.165) is 10.0 Å². The van der Waals surface area contributed by atoms with E-state index in [1.807, 2.05) is 12.1 Å². The molecule has 0 N–H and O–H groups in total. The highest BCUT2D eigenvalue weighted by Gasteiger charge is 2.06. The van der Waals surface area contributed by atoms with Gasteiger partial charge in [0.15, 0.2) is 0 Å². The van der Waals surface area contributed by atoms with Crippen molar-refractivity contribution in [3.05, 3.63) is 39.7 Å². The van der Waals surface area contributed by atoms with Crippen molar-refractivity contribution >= 4 is 15.9 Å². The summed E-state index contributed by atoms with van der Waals surface area (Å²) >= 11 is 3.48. The van der Waals surface area contributed by atoms with Gasteiger partial charge < -0.3 is 0 Å². The van der Waals surface area contributed by atoms with Gasteiger partial charge in [-0.3, -0.25) is 0 Å². The number of rotatable bonds is 1. The first-order chi connectivity index (χ1) is 5.66. The molecule has 1 rings (SSSR count). The van der Waals surface area contributed by atoms with Crippen LogP contribution in [0.4, 0.5) is 0 Å². The maximum atomic E-state index is 5.33. The standard InChI is InChI=1S/C11H10Br/c1-4-9-6-5-7-10(8(2)3)11(9)12/h1,5-7H,2-3H3. The van der Waals surface area contributed by atoms with E-state index in [-0.39, 0.29) is 0 Å². The molecule has 0 aromatic heterocycles. The van der Waals surface area contributed by atoms with Crippen molar-refractivity contribution in [3.63, 3.8) is 0 Å². The zero-order valence-corrected chi connectivity index (χ0v) is 8.77. The van der Waals surface area contributed by atoms with Gasteiger partial charge in [-0.15, -0.1) is 6.42 Å². The fourth-order valence-corrected chi connectivity index (χ4v) is 1.80. The van der Waals surface area contributed by atoms with Gasteiger partial charge in [0.05, 0.1) is 0 Å². The molecule has 0 spiro atoms.